The van der Waals surface area contributed by atoms with Crippen molar-refractivity contribution in [2.24, 2.45) is 0 Å². The van der Waals surface area contributed by atoms with Gasteiger partial charge in [-0.15, -0.1) is 5.10 Å². The molecule has 4 heteroatoms. The van der Waals surface area contributed by atoms with Crippen LogP contribution in [0.2, 0.25) is 0 Å². The third-order valence-corrected chi connectivity index (χ3v) is 2.94. The van der Waals surface area contributed by atoms with Gasteiger partial charge >= 0.3 is 0 Å². The van der Waals surface area contributed by atoms with Crippen molar-refractivity contribution >= 4 is 5.82 Å². The largest absolute Gasteiger partial charge is 0.352 e. The maximum absolute atomic E-state index is 4.31. The van der Waals surface area contributed by atoms with Crippen LogP contribution in [0, 0.1) is 0 Å². The summed E-state index contributed by atoms with van der Waals surface area (Å²) in [7, 11) is 2.00. The van der Waals surface area contributed by atoms with E-state index in [1.165, 1.54) is 0 Å². The predicted octanol–water partition coefficient (Wildman–Crippen LogP) is 2.81. The van der Waals surface area contributed by atoms with Crippen LogP contribution in [0.4, 0.5) is 5.82 Å². The average Bonchev–Trinajstić information content (AvgIpc) is 2.39. The molecule has 0 spiro atoms. The van der Waals surface area contributed by atoms with Crippen LogP contribution in [0.15, 0.2) is 36.5 Å². The van der Waals surface area contributed by atoms with Crippen molar-refractivity contribution in [1.29, 1.82) is 0 Å². The fourth-order valence-electron chi connectivity index (χ4n) is 1.74. The number of hydrogen-bond acceptors (Lipinski definition) is 4. The lowest BCUT2D eigenvalue weighted by atomic mass is 9.92. The molecule has 0 aliphatic carbocycles. The van der Waals surface area contributed by atoms with Gasteiger partial charge in [0.15, 0.2) is 5.82 Å². The van der Waals surface area contributed by atoms with Gasteiger partial charge in [-0.2, -0.15) is 5.10 Å². The summed E-state index contributed by atoms with van der Waals surface area (Å²) in [5, 5.41) is 8.59. The Kier molecular flexibility index (Phi) is 3.79. The number of aromatic nitrogens is 3. The molecule has 0 bridgehead atoms. The van der Waals surface area contributed by atoms with Crippen molar-refractivity contribution in [3.05, 3.63) is 47.9 Å². The van der Waals surface area contributed by atoms with Gasteiger partial charge in [0.1, 0.15) is 0 Å². The highest BCUT2D eigenvalue weighted by molar-refractivity contribution is 5.37. The van der Waals surface area contributed by atoms with E-state index in [1.807, 2.05) is 42.3 Å². The molecule has 0 radical (unpaired) electrons. The van der Waals surface area contributed by atoms with Crippen molar-refractivity contribution in [2.45, 2.75) is 32.7 Å². The summed E-state index contributed by atoms with van der Waals surface area (Å²) in [4.78, 5) is 6.35. The van der Waals surface area contributed by atoms with Gasteiger partial charge in [0.05, 0.1) is 17.9 Å². The van der Waals surface area contributed by atoms with Crippen molar-refractivity contribution in [1.82, 2.24) is 15.2 Å². The molecule has 2 rings (SSSR count). The molecule has 2 aromatic heterocycles. The van der Waals surface area contributed by atoms with E-state index in [1.54, 1.807) is 6.20 Å². The fraction of sp³-hybridized carbons (Fsp3) is 0.400. The molecule has 0 unspecified atom stereocenters. The highest BCUT2D eigenvalue weighted by Crippen LogP contribution is 2.20. The van der Waals surface area contributed by atoms with E-state index in [4.69, 9.17) is 0 Å². The van der Waals surface area contributed by atoms with Crippen molar-refractivity contribution < 1.29 is 0 Å². The van der Waals surface area contributed by atoms with Gasteiger partial charge in [-0.3, -0.25) is 4.98 Å². The topological polar surface area (TPSA) is 41.9 Å². The molecule has 0 fully saturated rings. The summed E-state index contributed by atoms with van der Waals surface area (Å²) >= 11 is 0. The van der Waals surface area contributed by atoms with Gasteiger partial charge < -0.3 is 4.90 Å². The van der Waals surface area contributed by atoms with Gasteiger partial charge in [-0.25, -0.2) is 0 Å². The number of rotatable bonds is 3. The summed E-state index contributed by atoms with van der Waals surface area (Å²) in [6, 6.07) is 9.97. The zero-order chi connectivity index (χ0) is 13.9. The quantitative estimate of drug-likeness (QED) is 0.847. The molecule has 0 aliphatic heterocycles. The first-order valence-electron chi connectivity index (χ1n) is 6.42. The Hall–Kier alpha value is -1.97. The Labute approximate surface area is 114 Å². The van der Waals surface area contributed by atoms with Crippen LogP contribution in [0.3, 0.4) is 0 Å². The Bertz CT molecular complexity index is 514. The van der Waals surface area contributed by atoms with Crippen LogP contribution in [-0.4, -0.2) is 22.2 Å². The van der Waals surface area contributed by atoms with Crippen molar-refractivity contribution in [3.63, 3.8) is 0 Å². The normalized spacial score (nSPS) is 11.4. The minimum atomic E-state index is 0.0328. The Balaban J connectivity index is 2.10. The minimum Gasteiger partial charge on any atom is -0.352 e. The molecule has 0 aromatic carbocycles. The second-order valence-electron chi connectivity index (χ2n) is 5.70. The molecule has 0 atom stereocenters. The van der Waals surface area contributed by atoms with E-state index in [2.05, 4.69) is 36.0 Å². The van der Waals surface area contributed by atoms with Gasteiger partial charge in [-0.05, 0) is 24.3 Å². The fourth-order valence-corrected chi connectivity index (χ4v) is 1.74. The third kappa shape index (κ3) is 3.50. The van der Waals surface area contributed by atoms with Crippen LogP contribution < -0.4 is 4.90 Å². The van der Waals surface area contributed by atoms with Crippen LogP contribution in [0.1, 0.15) is 32.2 Å². The molecular weight excluding hydrogens is 236 g/mol. The minimum absolute atomic E-state index is 0.0328. The van der Waals surface area contributed by atoms with Gasteiger partial charge in [0.25, 0.3) is 0 Å². The van der Waals surface area contributed by atoms with Crippen LogP contribution >= 0.6 is 0 Å². The first-order valence-corrected chi connectivity index (χ1v) is 6.42. The summed E-state index contributed by atoms with van der Waals surface area (Å²) in [5.74, 6) is 0.860. The van der Waals surface area contributed by atoms with Gasteiger partial charge in [0.2, 0.25) is 0 Å². The molecule has 2 heterocycles. The molecule has 4 nitrogen and oxygen atoms in total. The predicted molar refractivity (Wildman–Crippen MR) is 77.1 cm³/mol. The van der Waals surface area contributed by atoms with Crippen LogP contribution in [-0.2, 0) is 12.0 Å². The first-order chi connectivity index (χ1) is 8.97. The Morgan fingerprint density at radius 3 is 2.37 bits per heavy atom. The molecule has 0 N–H and O–H groups in total. The second-order valence-corrected chi connectivity index (χ2v) is 5.70. The second kappa shape index (κ2) is 5.34. The monoisotopic (exact) mass is 256 g/mol. The summed E-state index contributed by atoms with van der Waals surface area (Å²) in [6.45, 7) is 7.13. The van der Waals surface area contributed by atoms with Crippen molar-refractivity contribution in [3.8, 4) is 0 Å². The summed E-state index contributed by atoms with van der Waals surface area (Å²) < 4.78 is 0. The van der Waals surface area contributed by atoms with E-state index < -0.39 is 0 Å². The number of hydrogen-bond donors (Lipinski definition) is 0. The molecule has 100 valence electrons. The Morgan fingerprint density at radius 1 is 1.05 bits per heavy atom. The number of nitrogens with zero attached hydrogens (tertiary/aromatic N) is 4. The Morgan fingerprint density at radius 2 is 1.84 bits per heavy atom. The summed E-state index contributed by atoms with van der Waals surface area (Å²) in [6.07, 6.45) is 1.80. The average molecular weight is 256 g/mol. The maximum Gasteiger partial charge on any atom is 0.151 e. The molecule has 19 heavy (non-hydrogen) atoms. The molecule has 0 aliphatic rings. The standard InChI is InChI=1S/C15H20N4/c1-15(2,3)13-8-9-14(18-17-13)19(4)11-12-7-5-6-10-16-12/h5-10H,11H2,1-4H3. The molecule has 0 amide bonds. The van der Waals surface area contributed by atoms with Gasteiger partial charge in [0, 0.05) is 18.7 Å². The zero-order valence-electron chi connectivity index (χ0n) is 12.0. The molecule has 0 saturated heterocycles. The smallest absolute Gasteiger partial charge is 0.151 e. The van der Waals surface area contributed by atoms with E-state index in [0.29, 0.717) is 0 Å². The highest BCUT2D eigenvalue weighted by Gasteiger charge is 2.16. The molecule has 0 saturated carbocycles. The maximum atomic E-state index is 4.31. The van der Waals surface area contributed by atoms with Crippen LogP contribution in [0.25, 0.3) is 0 Å². The van der Waals surface area contributed by atoms with Gasteiger partial charge in [-0.1, -0.05) is 26.8 Å². The third-order valence-electron chi connectivity index (χ3n) is 2.94. The van der Waals surface area contributed by atoms with E-state index >= 15 is 0 Å². The lowest BCUT2D eigenvalue weighted by molar-refractivity contribution is 0.558. The first kappa shape index (κ1) is 13.5. The van der Waals surface area contributed by atoms with E-state index in [-0.39, 0.29) is 5.41 Å². The number of pyridine rings is 1. The SMILES string of the molecule is CN(Cc1ccccn1)c1ccc(C(C)(C)C)nn1. The van der Waals surface area contributed by atoms with Crippen molar-refractivity contribution in [2.75, 3.05) is 11.9 Å². The molecular formula is C15H20N4. The summed E-state index contributed by atoms with van der Waals surface area (Å²) in [5.41, 5.74) is 2.06. The molecule has 2 aromatic rings. The lowest BCUT2D eigenvalue weighted by Crippen LogP contribution is -2.20. The highest BCUT2D eigenvalue weighted by atomic mass is 15.2. The van der Waals surface area contributed by atoms with Crippen LogP contribution in [0.5, 0.6) is 0 Å². The van der Waals surface area contributed by atoms with E-state index in [0.717, 1.165) is 23.8 Å². The zero-order valence-corrected chi connectivity index (χ0v) is 12.0. The van der Waals surface area contributed by atoms with E-state index in [9.17, 15) is 0 Å². The number of anilines is 1. The lowest BCUT2D eigenvalue weighted by Gasteiger charge is -2.20.